The second kappa shape index (κ2) is 10.4. The zero-order valence-electron chi connectivity index (χ0n) is 20.1. The molecule has 0 spiro atoms. The van der Waals surface area contributed by atoms with Crippen molar-refractivity contribution in [2.75, 3.05) is 0 Å². The molecule has 4 nitrogen and oxygen atoms in total. The van der Waals surface area contributed by atoms with Crippen LogP contribution in [0.2, 0.25) is 0 Å². The van der Waals surface area contributed by atoms with Gasteiger partial charge in [-0.1, -0.05) is 81.1 Å². The van der Waals surface area contributed by atoms with E-state index in [9.17, 15) is 9.59 Å². The fourth-order valence-corrected chi connectivity index (χ4v) is 4.96. The predicted octanol–water partition coefficient (Wildman–Crippen LogP) is 6.83. The average Bonchev–Trinajstić information content (AvgIpc) is 2.88. The highest BCUT2D eigenvalue weighted by molar-refractivity contribution is 8.00. The number of Topliss-reactive ketones (excluding diaryl/α,β-unsaturated/α-hetero) is 1. The Bertz CT molecular complexity index is 1360. The molecule has 4 rings (SSSR count). The van der Waals surface area contributed by atoms with Crippen molar-refractivity contribution in [1.82, 2.24) is 9.55 Å². The number of carbonyl (C=O) groups excluding carboxylic acids is 1. The molecular formula is C29H30N2O2S. The molecule has 3 aromatic carbocycles. The molecular weight excluding hydrogens is 440 g/mol. The highest BCUT2D eigenvalue weighted by atomic mass is 32.2. The number of aromatic nitrogens is 2. The van der Waals surface area contributed by atoms with Crippen LogP contribution in [0.1, 0.15) is 61.5 Å². The van der Waals surface area contributed by atoms with Gasteiger partial charge >= 0.3 is 0 Å². The summed E-state index contributed by atoms with van der Waals surface area (Å²) in [5.74, 6) is 0.472. The van der Waals surface area contributed by atoms with Gasteiger partial charge in [-0.2, -0.15) is 0 Å². The van der Waals surface area contributed by atoms with Gasteiger partial charge in [-0.05, 0) is 61.1 Å². The van der Waals surface area contributed by atoms with Crippen LogP contribution >= 0.6 is 11.8 Å². The Morgan fingerprint density at radius 1 is 0.941 bits per heavy atom. The number of para-hydroxylation sites is 1. The van der Waals surface area contributed by atoms with Crippen LogP contribution in [0.4, 0.5) is 0 Å². The summed E-state index contributed by atoms with van der Waals surface area (Å²) in [5.41, 5.74) is 4.37. The van der Waals surface area contributed by atoms with Gasteiger partial charge in [0, 0.05) is 5.56 Å². The molecule has 4 aromatic rings. The van der Waals surface area contributed by atoms with Crippen LogP contribution in [-0.4, -0.2) is 20.6 Å². The number of ketones is 1. The van der Waals surface area contributed by atoms with Crippen molar-refractivity contribution >= 4 is 28.4 Å². The first-order valence-electron chi connectivity index (χ1n) is 11.8. The second-order valence-electron chi connectivity index (χ2n) is 8.63. The maximum atomic E-state index is 13.5. The molecule has 0 N–H and O–H groups in total. The molecule has 2 unspecified atom stereocenters. The Morgan fingerprint density at radius 2 is 1.62 bits per heavy atom. The summed E-state index contributed by atoms with van der Waals surface area (Å²) >= 11 is 1.32. The van der Waals surface area contributed by atoms with Crippen molar-refractivity contribution in [3.05, 3.63) is 99.8 Å². The van der Waals surface area contributed by atoms with E-state index in [1.807, 2.05) is 61.5 Å². The zero-order chi connectivity index (χ0) is 24.2. The van der Waals surface area contributed by atoms with Crippen LogP contribution in [0.5, 0.6) is 0 Å². The minimum atomic E-state index is -0.397. The van der Waals surface area contributed by atoms with Gasteiger partial charge in [-0.15, -0.1) is 0 Å². The summed E-state index contributed by atoms with van der Waals surface area (Å²) in [6.07, 6.45) is 1.98. The van der Waals surface area contributed by atoms with Gasteiger partial charge in [-0.25, -0.2) is 4.98 Å². The van der Waals surface area contributed by atoms with Gasteiger partial charge < -0.3 is 0 Å². The van der Waals surface area contributed by atoms with Crippen LogP contribution in [0.15, 0.2) is 82.7 Å². The maximum Gasteiger partial charge on any atom is 0.266 e. The third-order valence-corrected chi connectivity index (χ3v) is 7.43. The van der Waals surface area contributed by atoms with Gasteiger partial charge in [0.2, 0.25) is 0 Å². The van der Waals surface area contributed by atoms with Crippen molar-refractivity contribution in [2.24, 2.45) is 0 Å². The number of carbonyl (C=O) groups is 1. The highest BCUT2D eigenvalue weighted by Crippen LogP contribution is 2.28. The summed E-state index contributed by atoms with van der Waals surface area (Å²) in [6.45, 7) is 8.33. The molecule has 0 bridgehead atoms. The van der Waals surface area contributed by atoms with Gasteiger partial charge in [-0.3, -0.25) is 14.2 Å². The summed E-state index contributed by atoms with van der Waals surface area (Å²) < 4.78 is 1.64. The number of nitrogens with zero attached hydrogens (tertiary/aromatic N) is 2. The summed E-state index contributed by atoms with van der Waals surface area (Å²) in [5, 5.41) is 0.684. The molecule has 1 aromatic heterocycles. The predicted molar refractivity (Wildman–Crippen MR) is 142 cm³/mol. The van der Waals surface area contributed by atoms with Crippen molar-refractivity contribution < 1.29 is 4.79 Å². The first-order valence-corrected chi connectivity index (χ1v) is 12.7. The fraction of sp³-hybridized carbons (Fsp3) is 0.276. The first-order chi connectivity index (χ1) is 16.4. The summed E-state index contributed by atoms with van der Waals surface area (Å²) in [4.78, 5) is 31.5. The number of hydrogen-bond acceptors (Lipinski definition) is 4. The van der Waals surface area contributed by atoms with E-state index in [4.69, 9.17) is 4.98 Å². The van der Waals surface area contributed by atoms with E-state index in [0.29, 0.717) is 27.5 Å². The van der Waals surface area contributed by atoms with Gasteiger partial charge in [0.15, 0.2) is 10.9 Å². The fourth-order valence-electron chi connectivity index (χ4n) is 3.96. The van der Waals surface area contributed by atoms with Gasteiger partial charge in [0.1, 0.15) is 0 Å². The van der Waals surface area contributed by atoms with Crippen molar-refractivity contribution in [3.63, 3.8) is 0 Å². The molecule has 34 heavy (non-hydrogen) atoms. The van der Waals surface area contributed by atoms with Crippen molar-refractivity contribution in [3.8, 4) is 5.69 Å². The lowest BCUT2D eigenvalue weighted by atomic mass is 9.98. The SMILES string of the molecule is CCc1ccc(C(=O)C(C)Sc2nc3ccccc3c(=O)n2-c2ccc(C(C)CC)cc2)cc1. The molecule has 0 aliphatic rings. The molecule has 1 heterocycles. The largest absolute Gasteiger partial charge is 0.293 e. The molecule has 174 valence electrons. The van der Waals surface area contributed by atoms with Gasteiger partial charge in [0.05, 0.1) is 21.8 Å². The van der Waals surface area contributed by atoms with Crippen LogP contribution in [-0.2, 0) is 6.42 Å². The lowest BCUT2D eigenvalue weighted by Gasteiger charge is -2.17. The molecule has 0 fully saturated rings. The number of fused-ring (bicyclic) bond motifs is 1. The molecule has 0 saturated carbocycles. The number of benzene rings is 3. The minimum Gasteiger partial charge on any atom is -0.293 e. The van der Waals surface area contributed by atoms with E-state index in [-0.39, 0.29) is 11.3 Å². The number of hydrogen-bond donors (Lipinski definition) is 0. The highest BCUT2D eigenvalue weighted by Gasteiger charge is 2.21. The molecule has 0 aliphatic heterocycles. The molecule has 0 radical (unpaired) electrons. The summed E-state index contributed by atoms with van der Waals surface area (Å²) in [7, 11) is 0. The normalized spacial score (nSPS) is 13.1. The molecule has 2 atom stereocenters. The van der Waals surface area contributed by atoms with E-state index >= 15 is 0 Å². The lowest BCUT2D eigenvalue weighted by Crippen LogP contribution is -2.23. The zero-order valence-corrected chi connectivity index (χ0v) is 20.9. The first kappa shape index (κ1) is 24.0. The number of rotatable bonds is 8. The van der Waals surface area contributed by atoms with E-state index in [1.54, 1.807) is 10.6 Å². The van der Waals surface area contributed by atoms with E-state index in [1.165, 1.54) is 22.9 Å². The topological polar surface area (TPSA) is 52.0 Å². The Balaban J connectivity index is 1.75. The lowest BCUT2D eigenvalue weighted by molar-refractivity contribution is 0.0994. The van der Waals surface area contributed by atoms with Crippen molar-refractivity contribution in [1.29, 1.82) is 0 Å². The van der Waals surface area contributed by atoms with E-state index in [2.05, 4.69) is 32.9 Å². The average molecular weight is 471 g/mol. The van der Waals surface area contributed by atoms with Crippen LogP contribution < -0.4 is 5.56 Å². The van der Waals surface area contributed by atoms with Crippen LogP contribution in [0.25, 0.3) is 16.6 Å². The molecule has 0 aliphatic carbocycles. The standard InChI is InChI=1S/C29H30N2O2S/c1-5-19(3)22-15-17-24(18-16-22)31-28(33)25-9-7-8-10-26(25)30-29(31)34-20(4)27(32)23-13-11-21(6-2)12-14-23/h7-20H,5-6H2,1-4H3. The Labute approximate surface area is 205 Å². The third-order valence-electron chi connectivity index (χ3n) is 6.38. The maximum absolute atomic E-state index is 13.5. The van der Waals surface area contributed by atoms with Crippen LogP contribution in [0, 0.1) is 0 Å². The van der Waals surface area contributed by atoms with Crippen molar-refractivity contribution in [2.45, 2.75) is 56.9 Å². The number of aryl methyl sites for hydroxylation is 1. The second-order valence-corrected chi connectivity index (χ2v) is 9.94. The summed E-state index contributed by atoms with van der Waals surface area (Å²) in [6, 6.07) is 23.2. The Morgan fingerprint density at radius 3 is 2.26 bits per heavy atom. The minimum absolute atomic E-state index is 0.0220. The number of thioether (sulfide) groups is 1. The third kappa shape index (κ3) is 4.85. The molecule has 5 heteroatoms. The Kier molecular flexibility index (Phi) is 7.32. The monoisotopic (exact) mass is 470 g/mol. The van der Waals surface area contributed by atoms with Crippen LogP contribution in [0.3, 0.4) is 0 Å². The molecule has 0 amide bonds. The van der Waals surface area contributed by atoms with E-state index < -0.39 is 5.25 Å². The quantitative estimate of drug-likeness (QED) is 0.161. The smallest absolute Gasteiger partial charge is 0.266 e. The Hall–Kier alpha value is -3.18. The van der Waals surface area contributed by atoms with E-state index in [0.717, 1.165) is 18.5 Å². The van der Waals surface area contributed by atoms with Gasteiger partial charge in [0.25, 0.3) is 5.56 Å². The molecule has 0 saturated heterocycles.